The third-order valence-corrected chi connectivity index (χ3v) is 4.55. The van der Waals surface area contributed by atoms with Crippen molar-refractivity contribution in [2.75, 3.05) is 11.5 Å². The van der Waals surface area contributed by atoms with E-state index in [9.17, 15) is 4.79 Å². The van der Waals surface area contributed by atoms with Gasteiger partial charge < -0.3 is 11.1 Å². The Morgan fingerprint density at radius 1 is 1.36 bits per heavy atom. The molecule has 2 rings (SSSR count). The maximum absolute atomic E-state index is 12.1. The van der Waals surface area contributed by atoms with Gasteiger partial charge in [-0.05, 0) is 30.7 Å². The van der Waals surface area contributed by atoms with E-state index in [0.717, 1.165) is 17.3 Å². The van der Waals surface area contributed by atoms with E-state index in [2.05, 4.69) is 10.3 Å². The van der Waals surface area contributed by atoms with Gasteiger partial charge in [0.25, 0.3) is 0 Å². The number of nitrogens with zero attached hydrogens (tertiary/aromatic N) is 3. The average Bonchev–Trinajstić information content (AvgIpc) is 2.60. The number of nitrogens with two attached hydrogens (primary N) is 1. The van der Waals surface area contributed by atoms with Crippen LogP contribution < -0.4 is 11.1 Å². The van der Waals surface area contributed by atoms with Gasteiger partial charge in [-0.25, -0.2) is 4.98 Å². The normalized spacial score (nSPS) is 11.2. The molecule has 1 aromatic carbocycles. The van der Waals surface area contributed by atoms with Crippen molar-refractivity contribution in [1.29, 1.82) is 10.5 Å². The number of nitrogens with one attached hydrogen (secondary N) is 1. The van der Waals surface area contributed by atoms with E-state index in [0.29, 0.717) is 10.0 Å². The van der Waals surface area contributed by atoms with Crippen LogP contribution >= 0.6 is 23.4 Å². The van der Waals surface area contributed by atoms with Gasteiger partial charge in [0.1, 0.15) is 23.0 Å². The highest BCUT2D eigenvalue weighted by Gasteiger charge is 2.14. The zero-order valence-electron chi connectivity index (χ0n) is 13.3. The molecule has 126 valence electrons. The van der Waals surface area contributed by atoms with Crippen LogP contribution in [0.1, 0.15) is 29.7 Å². The number of anilines is 1. The summed E-state index contributed by atoms with van der Waals surface area (Å²) in [6.45, 7) is 1.85. The molecule has 0 saturated carbocycles. The average molecular weight is 372 g/mol. The molecule has 0 bridgehead atoms. The van der Waals surface area contributed by atoms with Crippen molar-refractivity contribution in [1.82, 2.24) is 10.3 Å². The summed E-state index contributed by atoms with van der Waals surface area (Å²) in [6, 6.07) is 12.2. The van der Waals surface area contributed by atoms with Crippen molar-refractivity contribution in [2.45, 2.75) is 18.0 Å². The largest absolute Gasteiger partial charge is 0.383 e. The quantitative estimate of drug-likeness (QED) is 0.780. The van der Waals surface area contributed by atoms with Crippen LogP contribution in [0.2, 0.25) is 5.02 Å². The van der Waals surface area contributed by atoms with Gasteiger partial charge in [-0.3, -0.25) is 4.79 Å². The first kappa shape index (κ1) is 18.6. The van der Waals surface area contributed by atoms with Crippen molar-refractivity contribution in [3.63, 3.8) is 0 Å². The van der Waals surface area contributed by atoms with Crippen LogP contribution in [-0.2, 0) is 4.79 Å². The van der Waals surface area contributed by atoms with Gasteiger partial charge in [0.2, 0.25) is 5.91 Å². The minimum Gasteiger partial charge on any atom is -0.383 e. The number of hydrogen-bond acceptors (Lipinski definition) is 6. The van der Waals surface area contributed by atoms with E-state index in [1.54, 1.807) is 12.1 Å². The van der Waals surface area contributed by atoms with Crippen LogP contribution in [0, 0.1) is 22.7 Å². The maximum atomic E-state index is 12.1. The zero-order valence-corrected chi connectivity index (χ0v) is 14.9. The highest BCUT2D eigenvalue weighted by atomic mass is 35.5. The van der Waals surface area contributed by atoms with Gasteiger partial charge in [-0.2, -0.15) is 10.5 Å². The first-order chi connectivity index (χ1) is 11.9. The van der Waals surface area contributed by atoms with Crippen LogP contribution in [0.3, 0.4) is 0 Å². The summed E-state index contributed by atoms with van der Waals surface area (Å²) in [7, 11) is 0. The lowest BCUT2D eigenvalue weighted by Crippen LogP contribution is -2.28. The number of thioether (sulfide) groups is 1. The molecule has 0 radical (unpaired) electrons. The van der Waals surface area contributed by atoms with E-state index in [4.69, 9.17) is 27.9 Å². The lowest BCUT2D eigenvalue weighted by molar-refractivity contribution is -0.119. The second-order valence-corrected chi connectivity index (χ2v) is 6.53. The van der Waals surface area contributed by atoms with Crippen LogP contribution in [0.15, 0.2) is 35.4 Å². The molecule has 1 atom stereocenters. The summed E-state index contributed by atoms with van der Waals surface area (Å²) < 4.78 is 0. The summed E-state index contributed by atoms with van der Waals surface area (Å²) in [4.78, 5) is 16.2. The molecule has 6 nitrogen and oxygen atoms in total. The highest BCUT2D eigenvalue weighted by Crippen LogP contribution is 2.24. The molecule has 1 heterocycles. The number of benzene rings is 1. The Hall–Kier alpha value is -2.74. The van der Waals surface area contributed by atoms with E-state index >= 15 is 0 Å². The predicted octanol–water partition coefficient (Wildman–Crippen LogP) is 3.03. The van der Waals surface area contributed by atoms with Crippen molar-refractivity contribution < 1.29 is 4.79 Å². The Bertz CT molecular complexity index is 888. The van der Waals surface area contributed by atoms with Crippen molar-refractivity contribution in [3.05, 3.63) is 52.0 Å². The molecule has 0 aliphatic carbocycles. The maximum Gasteiger partial charge on any atom is 0.230 e. The molecule has 0 aliphatic heterocycles. The lowest BCUT2D eigenvalue weighted by atomic mass is 10.1. The second-order valence-electron chi connectivity index (χ2n) is 5.13. The monoisotopic (exact) mass is 371 g/mol. The molecule has 0 fully saturated rings. The summed E-state index contributed by atoms with van der Waals surface area (Å²) in [6.07, 6.45) is 0. The first-order valence-corrected chi connectivity index (χ1v) is 8.59. The third kappa shape index (κ3) is 4.87. The van der Waals surface area contributed by atoms with Crippen molar-refractivity contribution in [3.8, 4) is 12.1 Å². The Morgan fingerprint density at radius 3 is 2.72 bits per heavy atom. The van der Waals surface area contributed by atoms with Crippen molar-refractivity contribution >= 4 is 35.1 Å². The number of halogens is 1. The summed E-state index contributed by atoms with van der Waals surface area (Å²) >= 11 is 7.04. The number of amides is 1. The number of carbonyl (C=O) groups excluding carboxylic acids is 1. The minimum atomic E-state index is -0.217. The van der Waals surface area contributed by atoms with E-state index in [1.807, 2.05) is 31.2 Å². The summed E-state index contributed by atoms with van der Waals surface area (Å²) in [5.41, 5.74) is 6.91. The smallest absolute Gasteiger partial charge is 0.230 e. The number of aromatic nitrogens is 1. The molecule has 0 aliphatic rings. The van der Waals surface area contributed by atoms with Crippen LogP contribution in [0.4, 0.5) is 5.82 Å². The fourth-order valence-corrected chi connectivity index (χ4v) is 3.04. The number of rotatable bonds is 5. The molecule has 3 N–H and O–H groups in total. The Labute approximate surface area is 154 Å². The predicted molar refractivity (Wildman–Crippen MR) is 96.8 cm³/mol. The van der Waals surface area contributed by atoms with Gasteiger partial charge in [-0.15, -0.1) is 0 Å². The number of pyridine rings is 1. The highest BCUT2D eigenvalue weighted by molar-refractivity contribution is 8.00. The standard InChI is InChI=1S/C17H14ClN5OS/c1-10(11-3-2-4-14(18)6-11)22-15(24)9-25-17-13(8-20)5-12(7-19)16(21)23-17/h2-6,10H,9H2,1H3,(H2,21,23)(H,22,24)/t10-/m1/s1. The summed E-state index contributed by atoms with van der Waals surface area (Å²) in [5, 5.41) is 21.8. The molecule has 2 aromatic rings. The molecular formula is C17H14ClN5OS. The summed E-state index contributed by atoms with van der Waals surface area (Å²) in [5.74, 6) is -0.111. The molecular weight excluding hydrogens is 358 g/mol. The molecule has 0 spiro atoms. The van der Waals surface area contributed by atoms with Gasteiger partial charge in [-0.1, -0.05) is 35.5 Å². The van der Waals surface area contributed by atoms with Crippen molar-refractivity contribution in [2.24, 2.45) is 0 Å². The van der Waals surface area contributed by atoms with Crippen LogP contribution in [0.5, 0.6) is 0 Å². The van der Waals surface area contributed by atoms with Crippen LogP contribution in [0.25, 0.3) is 0 Å². The van der Waals surface area contributed by atoms with E-state index in [1.165, 1.54) is 6.07 Å². The Kier molecular flexibility index (Phi) is 6.24. The fourth-order valence-electron chi connectivity index (χ4n) is 2.07. The van der Waals surface area contributed by atoms with Gasteiger partial charge >= 0.3 is 0 Å². The second kappa shape index (κ2) is 8.39. The fraction of sp³-hybridized carbons (Fsp3) is 0.176. The zero-order chi connectivity index (χ0) is 18.4. The Morgan fingerprint density at radius 2 is 2.08 bits per heavy atom. The molecule has 8 heteroatoms. The van der Waals surface area contributed by atoms with E-state index < -0.39 is 0 Å². The molecule has 1 amide bonds. The molecule has 0 saturated heterocycles. The molecule has 0 unspecified atom stereocenters. The SMILES string of the molecule is C[C@@H](NC(=O)CSc1nc(N)c(C#N)cc1C#N)c1cccc(Cl)c1. The first-order valence-electron chi connectivity index (χ1n) is 7.23. The van der Waals surface area contributed by atoms with Gasteiger partial charge in [0, 0.05) is 5.02 Å². The number of nitrogen functional groups attached to an aromatic ring is 1. The van der Waals surface area contributed by atoms with E-state index in [-0.39, 0.29) is 34.6 Å². The molecule has 1 aromatic heterocycles. The number of nitriles is 2. The Balaban J connectivity index is 2.02. The van der Waals surface area contributed by atoms with Crippen LogP contribution in [-0.4, -0.2) is 16.6 Å². The third-order valence-electron chi connectivity index (χ3n) is 3.32. The minimum absolute atomic E-state index is 0.0386. The number of hydrogen-bond donors (Lipinski definition) is 2. The van der Waals surface area contributed by atoms with Gasteiger partial charge in [0.15, 0.2) is 0 Å². The number of carbonyl (C=O) groups is 1. The topological polar surface area (TPSA) is 116 Å². The van der Waals surface area contributed by atoms with Gasteiger partial charge in [0.05, 0.1) is 22.9 Å². The lowest BCUT2D eigenvalue weighted by Gasteiger charge is -2.14. The molecule has 25 heavy (non-hydrogen) atoms.